The van der Waals surface area contributed by atoms with Crippen molar-refractivity contribution in [3.8, 4) is 0 Å². The molecule has 0 aliphatic carbocycles. The number of carboxylic acid groups (broad SMARTS) is 1. The van der Waals surface area contributed by atoms with Crippen molar-refractivity contribution in [2.24, 2.45) is 0 Å². The summed E-state index contributed by atoms with van der Waals surface area (Å²) < 4.78 is 0. The smallest absolute Gasteiger partial charge is 0.0974 e. The Labute approximate surface area is 86.2 Å². The molecule has 0 bridgehead atoms. The second kappa shape index (κ2) is 3.74. The topological polar surface area (TPSA) is 76.2 Å². The van der Waals surface area contributed by atoms with Gasteiger partial charge in [0.15, 0.2) is 0 Å². The van der Waals surface area contributed by atoms with Crippen LogP contribution in [-0.2, 0) is 11.2 Å². The van der Waals surface area contributed by atoms with Gasteiger partial charge in [-0.05, 0) is 11.6 Å². The molecule has 0 radical (unpaired) electrons. The fraction of sp³-hybridized carbons (Fsp3) is 0.182. The van der Waals surface area contributed by atoms with Crippen LogP contribution in [0.4, 0.5) is 0 Å². The summed E-state index contributed by atoms with van der Waals surface area (Å²) in [6.07, 6.45) is 0.313. The minimum absolute atomic E-state index is 0.0619. The van der Waals surface area contributed by atoms with E-state index in [1.54, 1.807) is 6.20 Å². The third kappa shape index (κ3) is 1.85. The lowest BCUT2D eigenvalue weighted by molar-refractivity contribution is -0.314. The third-order valence-electron chi connectivity index (χ3n) is 2.36. The Morgan fingerprint density at radius 2 is 2.20 bits per heavy atom. The molecule has 0 spiro atoms. The van der Waals surface area contributed by atoms with Crippen LogP contribution in [0.5, 0.6) is 0 Å². The van der Waals surface area contributed by atoms with E-state index in [-0.39, 0.29) is 6.42 Å². The third-order valence-corrected chi connectivity index (χ3v) is 2.36. The molecule has 1 heterocycles. The van der Waals surface area contributed by atoms with E-state index in [1.165, 1.54) is 0 Å². The van der Waals surface area contributed by atoms with E-state index in [0.29, 0.717) is 0 Å². The average molecular weight is 204 g/mol. The van der Waals surface area contributed by atoms with E-state index in [1.807, 2.05) is 24.3 Å². The van der Waals surface area contributed by atoms with Gasteiger partial charge in [0.05, 0.1) is 12.1 Å². The number of hydrogen-bond acceptors (Lipinski definition) is 3. The van der Waals surface area contributed by atoms with Gasteiger partial charge in [0, 0.05) is 23.5 Å². The molecule has 0 saturated heterocycles. The number of fused-ring (bicyclic) bond motifs is 1. The summed E-state index contributed by atoms with van der Waals surface area (Å²) >= 11 is 0. The first-order chi connectivity index (χ1) is 7.18. The zero-order valence-electron chi connectivity index (χ0n) is 7.93. The molecule has 0 aliphatic heterocycles. The molecule has 4 nitrogen and oxygen atoms in total. The van der Waals surface area contributed by atoms with E-state index in [4.69, 9.17) is 0 Å². The van der Waals surface area contributed by atoms with E-state index in [9.17, 15) is 15.0 Å². The van der Waals surface area contributed by atoms with Crippen molar-refractivity contribution in [2.75, 3.05) is 0 Å². The van der Waals surface area contributed by atoms with E-state index in [2.05, 4.69) is 4.98 Å². The van der Waals surface area contributed by atoms with Crippen molar-refractivity contribution in [3.05, 3.63) is 36.0 Å². The molecule has 2 N–H and O–H groups in total. The number of hydrogen-bond donors (Lipinski definition) is 2. The highest BCUT2D eigenvalue weighted by Gasteiger charge is 2.09. The maximum absolute atomic E-state index is 10.4. The largest absolute Gasteiger partial charge is 0.547 e. The standard InChI is InChI=1S/C11H11NO3/c13-10(11(14)15)5-7-6-12-9-4-2-1-3-8(7)9/h1-4,6,10,12-13H,5H2,(H,14,15)/p-1. The summed E-state index contributed by atoms with van der Waals surface area (Å²) in [6.45, 7) is 0. The Kier molecular flexibility index (Phi) is 2.43. The normalized spacial score (nSPS) is 12.9. The van der Waals surface area contributed by atoms with E-state index in [0.717, 1.165) is 16.5 Å². The number of aromatic amines is 1. The molecule has 4 heteroatoms. The fourth-order valence-corrected chi connectivity index (χ4v) is 1.59. The Morgan fingerprint density at radius 1 is 1.47 bits per heavy atom. The number of carbonyl (C=O) groups excluding carboxylic acids is 1. The Morgan fingerprint density at radius 3 is 2.93 bits per heavy atom. The fourth-order valence-electron chi connectivity index (χ4n) is 1.59. The van der Waals surface area contributed by atoms with Crippen LogP contribution in [0.2, 0.25) is 0 Å². The van der Waals surface area contributed by atoms with Gasteiger partial charge in [-0.2, -0.15) is 0 Å². The molecule has 0 amide bonds. The highest BCUT2D eigenvalue weighted by Crippen LogP contribution is 2.18. The summed E-state index contributed by atoms with van der Waals surface area (Å²) in [5, 5.41) is 20.5. The molecular formula is C11H10NO3-. The number of H-pyrrole nitrogens is 1. The van der Waals surface area contributed by atoms with Gasteiger partial charge in [0.2, 0.25) is 0 Å². The van der Waals surface area contributed by atoms with Crippen molar-refractivity contribution in [2.45, 2.75) is 12.5 Å². The van der Waals surface area contributed by atoms with E-state index < -0.39 is 12.1 Å². The summed E-state index contributed by atoms with van der Waals surface area (Å²) in [6, 6.07) is 7.52. The second-order valence-electron chi connectivity index (χ2n) is 3.40. The molecule has 1 unspecified atom stereocenters. The zero-order valence-corrected chi connectivity index (χ0v) is 7.93. The van der Waals surface area contributed by atoms with Crippen LogP contribution in [0, 0.1) is 0 Å². The number of nitrogens with one attached hydrogen (secondary N) is 1. The van der Waals surface area contributed by atoms with Gasteiger partial charge in [-0.3, -0.25) is 0 Å². The summed E-state index contributed by atoms with van der Waals surface area (Å²) in [5.74, 6) is -1.44. The SMILES string of the molecule is O=C([O-])C(O)Cc1c[nH]c2ccccc12. The van der Waals surface area contributed by atoms with Crippen LogP contribution in [0.3, 0.4) is 0 Å². The van der Waals surface area contributed by atoms with Crippen LogP contribution < -0.4 is 5.11 Å². The predicted octanol–water partition coefficient (Wildman–Crippen LogP) is -0.179. The first-order valence-corrected chi connectivity index (χ1v) is 4.62. The summed E-state index contributed by atoms with van der Waals surface area (Å²) in [7, 11) is 0. The van der Waals surface area contributed by atoms with Crippen LogP contribution >= 0.6 is 0 Å². The molecule has 1 atom stereocenters. The summed E-state index contributed by atoms with van der Waals surface area (Å²) in [4.78, 5) is 13.4. The predicted molar refractivity (Wildman–Crippen MR) is 53.0 cm³/mol. The average Bonchev–Trinajstić information content (AvgIpc) is 2.62. The van der Waals surface area contributed by atoms with Crippen molar-refractivity contribution in [1.82, 2.24) is 4.98 Å². The number of benzene rings is 1. The molecule has 2 aromatic rings. The van der Waals surface area contributed by atoms with E-state index >= 15 is 0 Å². The van der Waals surface area contributed by atoms with Gasteiger partial charge < -0.3 is 20.0 Å². The molecule has 15 heavy (non-hydrogen) atoms. The highest BCUT2D eigenvalue weighted by atomic mass is 16.4. The highest BCUT2D eigenvalue weighted by molar-refractivity contribution is 5.83. The number of carbonyl (C=O) groups is 1. The van der Waals surface area contributed by atoms with Crippen LogP contribution in [0.25, 0.3) is 10.9 Å². The lowest BCUT2D eigenvalue weighted by Crippen LogP contribution is -2.36. The van der Waals surface area contributed by atoms with Gasteiger partial charge in [0.1, 0.15) is 0 Å². The lowest BCUT2D eigenvalue weighted by atomic mass is 10.1. The van der Waals surface area contributed by atoms with Crippen molar-refractivity contribution < 1.29 is 15.0 Å². The zero-order chi connectivity index (χ0) is 10.8. The molecule has 1 aromatic heterocycles. The molecular weight excluding hydrogens is 194 g/mol. The van der Waals surface area contributed by atoms with Crippen LogP contribution in [0.15, 0.2) is 30.5 Å². The maximum Gasteiger partial charge on any atom is 0.0974 e. The Hall–Kier alpha value is -1.81. The first kappa shape index (κ1) is 9.73. The number of aliphatic hydroxyl groups is 1. The minimum Gasteiger partial charge on any atom is -0.547 e. The van der Waals surface area contributed by atoms with Gasteiger partial charge in [-0.25, -0.2) is 0 Å². The van der Waals surface area contributed by atoms with Crippen molar-refractivity contribution >= 4 is 16.9 Å². The summed E-state index contributed by atoms with van der Waals surface area (Å²) in [5.41, 5.74) is 1.71. The molecule has 78 valence electrons. The van der Waals surface area contributed by atoms with Gasteiger partial charge in [0.25, 0.3) is 0 Å². The van der Waals surface area contributed by atoms with Crippen molar-refractivity contribution in [1.29, 1.82) is 0 Å². The number of aliphatic carboxylic acids is 1. The number of aromatic nitrogens is 1. The van der Waals surface area contributed by atoms with Gasteiger partial charge in [-0.1, -0.05) is 18.2 Å². The quantitative estimate of drug-likeness (QED) is 0.728. The van der Waals surface area contributed by atoms with Crippen LogP contribution in [0.1, 0.15) is 5.56 Å². The maximum atomic E-state index is 10.4. The molecule has 1 aromatic carbocycles. The number of aliphatic hydroxyl groups excluding tert-OH is 1. The molecule has 0 saturated carbocycles. The number of carboxylic acids is 1. The minimum atomic E-state index is -1.45. The van der Waals surface area contributed by atoms with Gasteiger partial charge in [-0.15, -0.1) is 0 Å². The monoisotopic (exact) mass is 204 g/mol. The first-order valence-electron chi connectivity index (χ1n) is 4.62. The second-order valence-corrected chi connectivity index (χ2v) is 3.40. The van der Waals surface area contributed by atoms with Crippen molar-refractivity contribution in [3.63, 3.8) is 0 Å². The van der Waals surface area contributed by atoms with Crippen LogP contribution in [-0.4, -0.2) is 22.2 Å². The Bertz CT molecular complexity index is 489. The number of para-hydroxylation sites is 1. The number of rotatable bonds is 3. The molecule has 0 aliphatic rings. The molecule has 0 fully saturated rings. The lowest BCUT2D eigenvalue weighted by Gasteiger charge is -2.10. The van der Waals surface area contributed by atoms with Gasteiger partial charge >= 0.3 is 0 Å². The molecule has 2 rings (SSSR count). The Balaban J connectivity index is 2.32.